The molecular formula is C16H29NO2. The Labute approximate surface area is 117 Å². The number of ether oxygens (including phenoxy) is 1. The van der Waals surface area contributed by atoms with E-state index in [1.54, 1.807) is 7.11 Å². The third-order valence-corrected chi connectivity index (χ3v) is 4.77. The van der Waals surface area contributed by atoms with Gasteiger partial charge < -0.3 is 9.64 Å². The molecule has 1 saturated heterocycles. The van der Waals surface area contributed by atoms with E-state index >= 15 is 0 Å². The summed E-state index contributed by atoms with van der Waals surface area (Å²) in [7, 11) is 1.75. The van der Waals surface area contributed by atoms with Crippen LogP contribution in [-0.4, -0.2) is 37.6 Å². The van der Waals surface area contributed by atoms with Crippen LogP contribution < -0.4 is 0 Å². The lowest BCUT2D eigenvalue weighted by Crippen LogP contribution is -2.41. The van der Waals surface area contributed by atoms with E-state index in [1.165, 1.54) is 38.5 Å². The number of rotatable bonds is 5. The molecule has 1 heterocycles. The summed E-state index contributed by atoms with van der Waals surface area (Å²) in [5.74, 6) is 1.75. The van der Waals surface area contributed by atoms with Gasteiger partial charge in [0.05, 0.1) is 6.61 Å². The van der Waals surface area contributed by atoms with E-state index in [0.717, 1.165) is 44.9 Å². The molecule has 0 bridgehead atoms. The van der Waals surface area contributed by atoms with Gasteiger partial charge in [-0.15, -0.1) is 0 Å². The summed E-state index contributed by atoms with van der Waals surface area (Å²) in [6, 6.07) is 0. The average Bonchev–Trinajstić information content (AvgIpc) is 2.46. The summed E-state index contributed by atoms with van der Waals surface area (Å²) in [6.45, 7) is 2.67. The van der Waals surface area contributed by atoms with Crippen molar-refractivity contribution in [2.45, 2.75) is 57.8 Å². The fourth-order valence-electron chi connectivity index (χ4n) is 3.62. The lowest BCUT2D eigenvalue weighted by Gasteiger charge is -2.33. The Morgan fingerprint density at radius 1 is 1.11 bits per heavy atom. The van der Waals surface area contributed by atoms with Crippen LogP contribution in [0, 0.1) is 11.8 Å². The normalized spacial score (nSPS) is 25.5. The monoisotopic (exact) mass is 267 g/mol. The van der Waals surface area contributed by atoms with E-state index < -0.39 is 0 Å². The van der Waals surface area contributed by atoms with Crippen LogP contribution in [0.25, 0.3) is 0 Å². The molecule has 1 saturated carbocycles. The predicted octanol–water partition coefficient (Wildman–Crippen LogP) is 3.23. The minimum Gasteiger partial charge on any atom is -0.384 e. The Balaban J connectivity index is 1.69. The van der Waals surface area contributed by atoms with Crippen LogP contribution in [0.3, 0.4) is 0 Å². The van der Waals surface area contributed by atoms with Gasteiger partial charge in [-0.2, -0.15) is 0 Å². The number of nitrogens with zero attached hydrogens (tertiary/aromatic N) is 1. The molecule has 1 amide bonds. The lowest BCUT2D eigenvalue weighted by atomic mass is 9.86. The van der Waals surface area contributed by atoms with Crippen molar-refractivity contribution < 1.29 is 9.53 Å². The zero-order valence-electron chi connectivity index (χ0n) is 12.4. The van der Waals surface area contributed by atoms with Gasteiger partial charge in [0.25, 0.3) is 0 Å². The Hall–Kier alpha value is -0.570. The number of piperidine rings is 1. The molecule has 1 aliphatic heterocycles. The number of hydrogen-bond donors (Lipinski definition) is 0. The second kappa shape index (κ2) is 7.88. The highest BCUT2D eigenvalue weighted by Gasteiger charge is 2.24. The van der Waals surface area contributed by atoms with Crippen LogP contribution in [0.1, 0.15) is 57.8 Å². The van der Waals surface area contributed by atoms with E-state index in [-0.39, 0.29) is 0 Å². The van der Waals surface area contributed by atoms with Gasteiger partial charge >= 0.3 is 0 Å². The minimum atomic E-state index is 0.381. The molecule has 0 aromatic rings. The van der Waals surface area contributed by atoms with E-state index in [1.807, 2.05) is 0 Å². The summed E-state index contributed by atoms with van der Waals surface area (Å²) in [6.07, 6.45) is 11.1. The maximum Gasteiger partial charge on any atom is 0.222 e. The molecule has 3 nitrogen and oxygen atoms in total. The summed E-state index contributed by atoms with van der Waals surface area (Å²) in [5.41, 5.74) is 0. The molecule has 3 heteroatoms. The molecule has 2 fully saturated rings. The molecule has 1 aliphatic carbocycles. The second-order valence-electron chi connectivity index (χ2n) is 6.35. The van der Waals surface area contributed by atoms with Gasteiger partial charge in [0, 0.05) is 26.6 Å². The summed E-state index contributed by atoms with van der Waals surface area (Å²) in [4.78, 5) is 14.4. The number of likely N-dealkylation sites (tertiary alicyclic amines) is 1. The highest BCUT2D eigenvalue weighted by Crippen LogP contribution is 2.28. The lowest BCUT2D eigenvalue weighted by molar-refractivity contribution is -0.133. The van der Waals surface area contributed by atoms with Gasteiger partial charge in [-0.1, -0.05) is 32.1 Å². The number of carbonyl (C=O) groups is 1. The summed E-state index contributed by atoms with van der Waals surface area (Å²) >= 11 is 0. The minimum absolute atomic E-state index is 0.381. The van der Waals surface area contributed by atoms with E-state index in [9.17, 15) is 4.79 Å². The standard InChI is InChI=1S/C16H29NO2/c1-19-13-15-8-5-11-17(12-15)16(18)10-9-14-6-3-2-4-7-14/h14-15H,2-13H2,1H3. The quantitative estimate of drug-likeness (QED) is 0.765. The molecule has 0 radical (unpaired) electrons. The van der Waals surface area contributed by atoms with Crippen LogP contribution in [0.4, 0.5) is 0 Å². The van der Waals surface area contributed by atoms with Crippen LogP contribution >= 0.6 is 0 Å². The largest absolute Gasteiger partial charge is 0.384 e. The average molecular weight is 267 g/mol. The molecule has 0 aromatic heterocycles. The summed E-state index contributed by atoms with van der Waals surface area (Å²) in [5, 5.41) is 0. The first-order valence-corrected chi connectivity index (χ1v) is 8.06. The fraction of sp³-hybridized carbons (Fsp3) is 0.938. The number of hydrogen-bond acceptors (Lipinski definition) is 2. The van der Waals surface area contributed by atoms with Crippen molar-refractivity contribution in [1.82, 2.24) is 4.90 Å². The maximum atomic E-state index is 12.3. The van der Waals surface area contributed by atoms with Gasteiger partial charge in [0.2, 0.25) is 5.91 Å². The molecule has 0 spiro atoms. The third kappa shape index (κ3) is 4.79. The molecule has 0 N–H and O–H groups in total. The first-order chi connectivity index (χ1) is 9.29. The molecular weight excluding hydrogens is 238 g/mol. The van der Waals surface area contributed by atoms with Crippen molar-refractivity contribution in [3.63, 3.8) is 0 Å². The van der Waals surface area contributed by atoms with Crippen molar-refractivity contribution in [3.05, 3.63) is 0 Å². The second-order valence-corrected chi connectivity index (χ2v) is 6.35. The Kier molecular flexibility index (Phi) is 6.15. The predicted molar refractivity (Wildman–Crippen MR) is 77.0 cm³/mol. The van der Waals surface area contributed by atoms with Crippen molar-refractivity contribution in [2.75, 3.05) is 26.8 Å². The molecule has 1 atom stereocenters. The number of carbonyl (C=O) groups excluding carboxylic acids is 1. The highest BCUT2D eigenvalue weighted by atomic mass is 16.5. The highest BCUT2D eigenvalue weighted by molar-refractivity contribution is 5.76. The van der Waals surface area contributed by atoms with Crippen molar-refractivity contribution >= 4 is 5.91 Å². The van der Waals surface area contributed by atoms with Gasteiger partial charge in [-0.3, -0.25) is 4.79 Å². The van der Waals surface area contributed by atoms with Crippen molar-refractivity contribution in [3.8, 4) is 0 Å². The zero-order chi connectivity index (χ0) is 13.5. The Morgan fingerprint density at radius 3 is 2.58 bits per heavy atom. The van der Waals surface area contributed by atoms with Gasteiger partial charge in [0.1, 0.15) is 0 Å². The van der Waals surface area contributed by atoms with Crippen LogP contribution in [-0.2, 0) is 9.53 Å². The molecule has 2 aliphatic rings. The van der Waals surface area contributed by atoms with E-state index in [0.29, 0.717) is 11.8 Å². The molecule has 19 heavy (non-hydrogen) atoms. The van der Waals surface area contributed by atoms with Crippen LogP contribution in [0.5, 0.6) is 0 Å². The molecule has 110 valence electrons. The third-order valence-electron chi connectivity index (χ3n) is 4.77. The van der Waals surface area contributed by atoms with Crippen LogP contribution in [0.15, 0.2) is 0 Å². The van der Waals surface area contributed by atoms with Gasteiger partial charge in [-0.05, 0) is 31.1 Å². The Morgan fingerprint density at radius 2 is 1.84 bits per heavy atom. The maximum absolute atomic E-state index is 12.3. The van der Waals surface area contributed by atoms with Crippen molar-refractivity contribution in [2.24, 2.45) is 11.8 Å². The number of methoxy groups -OCH3 is 1. The number of amides is 1. The SMILES string of the molecule is COCC1CCCN(C(=O)CCC2CCCCC2)C1. The molecule has 0 aromatic carbocycles. The smallest absolute Gasteiger partial charge is 0.222 e. The Bertz CT molecular complexity index is 272. The molecule has 2 rings (SSSR count). The molecule has 1 unspecified atom stereocenters. The van der Waals surface area contributed by atoms with Crippen LogP contribution in [0.2, 0.25) is 0 Å². The first-order valence-electron chi connectivity index (χ1n) is 8.06. The zero-order valence-corrected chi connectivity index (χ0v) is 12.4. The topological polar surface area (TPSA) is 29.5 Å². The van der Waals surface area contributed by atoms with Crippen molar-refractivity contribution in [1.29, 1.82) is 0 Å². The van der Waals surface area contributed by atoms with Gasteiger partial charge in [0.15, 0.2) is 0 Å². The van der Waals surface area contributed by atoms with Gasteiger partial charge in [-0.25, -0.2) is 0 Å². The fourth-order valence-corrected chi connectivity index (χ4v) is 3.62. The van der Waals surface area contributed by atoms with E-state index in [4.69, 9.17) is 4.74 Å². The summed E-state index contributed by atoms with van der Waals surface area (Å²) < 4.78 is 5.23. The first kappa shape index (κ1) is 14.8. The van der Waals surface area contributed by atoms with E-state index in [2.05, 4.69) is 4.90 Å².